The van der Waals surface area contributed by atoms with Crippen molar-refractivity contribution in [2.45, 2.75) is 97.0 Å². The van der Waals surface area contributed by atoms with E-state index in [-0.39, 0.29) is 52.8 Å². The molecular weight excluding hydrogens is 901 g/mol. The van der Waals surface area contributed by atoms with E-state index in [2.05, 4.69) is 39.3 Å². The summed E-state index contributed by atoms with van der Waals surface area (Å²) in [6.07, 6.45) is 5.02. The number of amides is 5. The van der Waals surface area contributed by atoms with Crippen LogP contribution in [0.15, 0.2) is 110 Å². The standard InChI is InChI=1S/C53H64BN9O8/c1-33(2)27-46(60-48(66)42(28-35-11-9-8-10-12-35)59-49(67)43-31-57-21-22-58-43)54-70-52(5,6)53(7,71-54)38-17-15-37(16-18-38)50(68)62-25-23-61(24-26-62)32-36-13-19-39(20-14-36)63(51(56)69)47(55)41-29-40(34(3)4)44(64)30-45(41)65/h8-22,29-31,33-34,42,46,55,64-65H,23-28,32H2,1-7H3,(H2,56,69)(H,59,67)(H,60,66)/t42-,46-,53?/m0/s1. The number of carbonyl (C=O) groups is 4. The number of nitrogens with zero attached hydrogens (tertiary/aromatic N) is 5. The SMILES string of the molecule is CC(C)C[C@H](NC(=O)[C@H](Cc1ccccc1)NC(=O)c1cnccn1)B1OC(C)(C)C(C)(c2ccc(C(=O)N3CCN(Cc4ccc(N(C(=N)c5cc(C(C)C)c(O)cc5O)C(N)=O)cc4)CC3)cc2)O1. The van der Waals surface area contributed by atoms with Crippen LogP contribution in [-0.4, -0.2) is 110 Å². The Balaban J connectivity index is 0.966. The van der Waals surface area contributed by atoms with Gasteiger partial charge >= 0.3 is 13.1 Å². The van der Waals surface area contributed by atoms with Gasteiger partial charge in [0.1, 0.15) is 34.7 Å². The molecule has 0 bridgehead atoms. The van der Waals surface area contributed by atoms with Crippen molar-refractivity contribution in [2.24, 2.45) is 11.7 Å². The molecule has 372 valence electrons. The largest absolute Gasteiger partial charge is 0.508 e. The maximum atomic E-state index is 14.2. The van der Waals surface area contributed by atoms with Crippen LogP contribution in [0.2, 0.25) is 0 Å². The van der Waals surface area contributed by atoms with Crippen molar-refractivity contribution < 1.29 is 38.7 Å². The molecule has 1 unspecified atom stereocenters. The first-order chi connectivity index (χ1) is 33.7. The molecule has 2 aliphatic rings. The normalized spacial score (nSPS) is 17.7. The van der Waals surface area contributed by atoms with Gasteiger partial charge in [0.15, 0.2) is 0 Å². The van der Waals surface area contributed by atoms with Gasteiger partial charge in [-0.05, 0) is 91.6 Å². The summed E-state index contributed by atoms with van der Waals surface area (Å²) in [7, 11) is -0.838. The third-order valence-corrected chi connectivity index (χ3v) is 13.4. The van der Waals surface area contributed by atoms with Crippen LogP contribution in [0.5, 0.6) is 11.5 Å². The zero-order valence-corrected chi connectivity index (χ0v) is 41.4. The van der Waals surface area contributed by atoms with Crippen molar-refractivity contribution in [1.82, 2.24) is 30.4 Å². The number of primary amides is 1. The molecule has 0 aliphatic carbocycles. The second kappa shape index (κ2) is 21.9. The predicted molar refractivity (Wildman–Crippen MR) is 271 cm³/mol. The molecule has 17 nitrogen and oxygen atoms in total. The van der Waals surface area contributed by atoms with Gasteiger partial charge in [-0.15, -0.1) is 0 Å². The molecule has 5 aromatic rings. The van der Waals surface area contributed by atoms with Crippen molar-refractivity contribution in [1.29, 1.82) is 5.41 Å². The number of hydrogen-bond acceptors (Lipinski definition) is 12. The fourth-order valence-electron chi connectivity index (χ4n) is 9.08. The summed E-state index contributed by atoms with van der Waals surface area (Å²) in [6.45, 7) is 16.6. The van der Waals surface area contributed by atoms with Crippen LogP contribution in [0.25, 0.3) is 0 Å². The van der Waals surface area contributed by atoms with Gasteiger partial charge in [-0.3, -0.25) is 29.7 Å². The van der Waals surface area contributed by atoms with E-state index in [9.17, 15) is 29.4 Å². The zero-order chi connectivity index (χ0) is 51.2. The van der Waals surface area contributed by atoms with Gasteiger partial charge in [0.25, 0.3) is 11.8 Å². The van der Waals surface area contributed by atoms with Crippen LogP contribution in [0.4, 0.5) is 10.5 Å². The zero-order valence-electron chi connectivity index (χ0n) is 41.4. The van der Waals surface area contributed by atoms with E-state index in [4.69, 9.17) is 20.5 Å². The lowest BCUT2D eigenvalue weighted by atomic mass is 9.73. The number of phenolic OH excluding ortho intramolecular Hbond substituents is 2. The minimum Gasteiger partial charge on any atom is -0.508 e. The van der Waals surface area contributed by atoms with Gasteiger partial charge < -0.3 is 40.8 Å². The number of urea groups is 1. The number of aromatic hydroxyl groups is 2. The second-order valence-corrected chi connectivity index (χ2v) is 19.6. The highest BCUT2D eigenvalue weighted by molar-refractivity contribution is 6.48. The van der Waals surface area contributed by atoms with Gasteiger partial charge in [0, 0.05) is 63.2 Å². The molecule has 0 radical (unpaired) electrons. The summed E-state index contributed by atoms with van der Waals surface area (Å²) in [5.41, 5.74) is 8.10. The summed E-state index contributed by atoms with van der Waals surface area (Å²) in [4.78, 5) is 67.1. The molecular formula is C53H64BN9O8. The fourth-order valence-corrected chi connectivity index (χ4v) is 9.08. The molecule has 0 spiro atoms. The Bertz CT molecular complexity index is 2700. The monoisotopic (exact) mass is 965 g/mol. The van der Waals surface area contributed by atoms with Crippen molar-refractivity contribution in [3.05, 3.63) is 149 Å². The average Bonchev–Trinajstić information content (AvgIpc) is 3.60. The molecule has 2 saturated heterocycles. The van der Waals surface area contributed by atoms with E-state index in [1.165, 1.54) is 24.7 Å². The van der Waals surface area contributed by atoms with E-state index in [1.807, 2.05) is 106 Å². The van der Waals surface area contributed by atoms with Gasteiger partial charge in [-0.25, -0.2) is 14.7 Å². The van der Waals surface area contributed by atoms with Crippen LogP contribution in [0.1, 0.15) is 109 Å². The van der Waals surface area contributed by atoms with Crippen molar-refractivity contribution in [3.8, 4) is 11.5 Å². The molecule has 7 N–H and O–H groups in total. The van der Waals surface area contributed by atoms with Crippen LogP contribution in [0.3, 0.4) is 0 Å². The highest BCUT2D eigenvalue weighted by Crippen LogP contribution is 2.46. The third-order valence-electron chi connectivity index (χ3n) is 13.4. The summed E-state index contributed by atoms with van der Waals surface area (Å²) >= 11 is 0. The molecule has 71 heavy (non-hydrogen) atoms. The minimum atomic E-state index is -0.972. The number of rotatable bonds is 16. The summed E-state index contributed by atoms with van der Waals surface area (Å²) in [5.74, 6) is -2.28. The van der Waals surface area contributed by atoms with Gasteiger partial charge in [-0.1, -0.05) is 82.3 Å². The predicted octanol–water partition coefficient (Wildman–Crippen LogP) is 6.52. The molecule has 2 aliphatic heterocycles. The minimum absolute atomic E-state index is 0.0620. The van der Waals surface area contributed by atoms with Gasteiger partial charge in [-0.2, -0.15) is 0 Å². The molecule has 18 heteroatoms. The van der Waals surface area contributed by atoms with E-state index in [1.54, 1.807) is 12.1 Å². The maximum Gasteiger partial charge on any atom is 0.482 e. The molecule has 4 aromatic carbocycles. The summed E-state index contributed by atoms with van der Waals surface area (Å²) in [5, 5.41) is 35.7. The number of nitrogens with two attached hydrogens (primary N) is 1. The highest BCUT2D eigenvalue weighted by atomic mass is 16.7. The molecule has 1 aromatic heterocycles. The number of amidine groups is 1. The third kappa shape index (κ3) is 11.9. The average molecular weight is 966 g/mol. The first kappa shape index (κ1) is 51.7. The topological polar surface area (TPSA) is 237 Å². The van der Waals surface area contributed by atoms with Crippen LogP contribution in [-0.2, 0) is 32.7 Å². The number of anilines is 1. The van der Waals surface area contributed by atoms with Gasteiger partial charge in [0.2, 0.25) is 5.91 Å². The lowest BCUT2D eigenvalue weighted by Crippen LogP contribution is -2.55. The smallest absolute Gasteiger partial charge is 0.482 e. The summed E-state index contributed by atoms with van der Waals surface area (Å²) < 4.78 is 13.5. The Labute approximate surface area is 415 Å². The molecule has 7 rings (SSSR count). The molecule has 0 saturated carbocycles. The molecule has 3 heterocycles. The Hall–Kier alpha value is -7.15. The van der Waals surface area contributed by atoms with Crippen LogP contribution >= 0.6 is 0 Å². The molecule has 2 fully saturated rings. The second-order valence-electron chi connectivity index (χ2n) is 19.6. The van der Waals surface area contributed by atoms with E-state index >= 15 is 0 Å². The Morgan fingerprint density at radius 1 is 0.845 bits per heavy atom. The van der Waals surface area contributed by atoms with Gasteiger partial charge in [0.05, 0.1) is 29.0 Å². The number of aromatic nitrogens is 2. The Morgan fingerprint density at radius 3 is 2.13 bits per heavy atom. The lowest BCUT2D eigenvalue weighted by Gasteiger charge is -2.37. The first-order valence-corrected chi connectivity index (χ1v) is 24.0. The van der Waals surface area contributed by atoms with E-state index < -0.39 is 48.1 Å². The van der Waals surface area contributed by atoms with E-state index in [0.717, 1.165) is 27.7 Å². The number of benzene rings is 4. The van der Waals surface area contributed by atoms with Crippen molar-refractivity contribution in [3.63, 3.8) is 0 Å². The van der Waals surface area contributed by atoms with E-state index in [0.29, 0.717) is 56.0 Å². The van der Waals surface area contributed by atoms with Crippen LogP contribution < -0.4 is 21.3 Å². The highest BCUT2D eigenvalue weighted by Gasteiger charge is 2.57. The molecule has 5 amide bonds. The Kier molecular flexibility index (Phi) is 15.9. The molecule has 3 atom stereocenters. The first-order valence-electron chi connectivity index (χ1n) is 24.0. The Morgan fingerprint density at radius 2 is 1.52 bits per heavy atom. The van der Waals surface area contributed by atoms with Crippen LogP contribution in [0, 0.1) is 11.3 Å². The van der Waals surface area contributed by atoms with Crippen molar-refractivity contribution >= 4 is 42.4 Å². The fraction of sp³-hybridized carbons (Fsp3) is 0.377. The number of phenols is 2. The number of nitrogens with one attached hydrogen (secondary N) is 3. The summed E-state index contributed by atoms with van der Waals surface area (Å²) in [6, 6.07) is 24.8. The maximum absolute atomic E-state index is 14.2. The lowest BCUT2D eigenvalue weighted by molar-refractivity contribution is -0.123. The number of hydrogen-bond donors (Lipinski definition) is 6. The quantitative estimate of drug-likeness (QED) is 0.0354. The number of piperazine rings is 1. The number of carbonyl (C=O) groups excluding carboxylic acids is 4. The van der Waals surface area contributed by atoms with Crippen molar-refractivity contribution in [2.75, 3.05) is 31.1 Å².